The van der Waals surface area contributed by atoms with Gasteiger partial charge in [-0.1, -0.05) is 176 Å². The molecule has 0 amide bonds. The van der Waals surface area contributed by atoms with Crippen molar-refractivity contribution in [2.24, 2.45) is 0 Å². The van der Waals surface area contributed by atoms with Gasteiger partial charge >= 0.3 is 0 Å². The van der Waals surface area contributed by atoms with Crippen LogP contribution in [0.5, 0.6) is 0 Å². The summed E-state index contributed by atoms with van der Waals surface area (Å²) >= 11 is 0. The number of rotatable bonds is 5. The molecule has 0 atom stereocenters. The molecule has 242 valence electrons. The van der Waals surface area contributed by atoms with Gasteiger partial charge in [-0.2, -0.15) is 0 Å². The highest BCUT2D eigenvalue weighted by molar-refractivity contribution is 6.31. The topological polar surface area (TPSA) is 38.7 Å². The molecule has 0 saturated heterocycles. The van der Waals surface area contributed by atoms with E-state index < -0.39 is 0 Å². The molecule has 1 aromatic heterocycles. The monoisotopic (exact) mass is 661 g/mol. The lowest BCUT2D eigenvalue weighted by Gasteiger charge is -2.14. The van der Waals surface area contributed by atoms with Crippen molar-refractivity contribution in [3.63, 3.8) is 0 Å². The van der Waals surface area contributed by atoms with Crippen molar-refractivity contribution in [3.05, 3.63) is 188 Å². The Morgan fingerprint density at radius 3 is 1.40 bits per heavy atom. The van der Waals surface area contributed by atoms with Crippen LogP contribution in [0.1, 0.15) is 0 Å². The summed E-state index contributed by atoms with van der Waals surface area (Å²) in [5.74, 6) is 1.93. The van der Waals surface area contributed by atoms with Gasteiger partial charge in [0.2, 0.25) is 0 Å². The summed E-state index contributed by atoms with van der Waals surface area (Å²) < 4.78 is 0. The second-order valence-electron chi connectivity index (χ2n) is 13.2. The first kappa shape index (κ1) is 29.9. The summed E-state index contributed by atoms with van der Waals surface area (Å²) in [7, 11) is 0. The van der Waals surface area contributed by atoms with Gasteiger partial charge in [0.25, 0.3) is 0 Å². The largest absolute Gasteiger partial charge is 0.208 e. The molecule has 1 heterocycles. The zero-order valence-corrected chi connectivity index (χ0v) is 28.2. The lowest BCUT2D eigenvalue weighted by Crippen LogP contribution is -2.00. The van der Waals surface area contributed by atoms with Crippen molar-refractivity contribution in [1.82, 2.24) is 15.0 Å². The Bertz CT molecular complexity index is 2930. The average molecular weight is 662 g/mol. The van der Waals surface area contributed by atoms with E-state index in [0.717, 1.165) is 33.4 Å². The minimum Gasteiger partial charge on any atom is -0.208 e. The molecule has 52 heavy (non-hydrogen) atoms. The third-order valence-electron chi connectivity index (χ3n) is 10.1. The zero-order valence-electron chi connectivity index (χ0n) is 28.2. The summed E-state index contributed by atoms with van der Waals surface area (Å²) in [4.78, 5) is 15.1. The SMILES string of the molecule is c1ccc(-c2ccc(-c3nc(-c4ccccc4)nc(-c4cccc(-c5ccc6c(c5)c5ccccc5c5ccc7ccccc7c56)c4)n3)cc2)cc1. The normalized spacial score (nSPS) is 11.5. The van der Waals surface area contributed by atoms with E-state index in [1.165, 1.54) is 48.7 Å². The van der Waals surface area contributed by atoms with Crippen LogP contribution in [0.4, 0.5) is 0 Å². The fourth-order valence-corrected chi connectivity index (χ4v) is 7.53. The molecule has 0 saturated carbocycles. The number of aromatic nitrogens is 3. The number of hydrogen-bond acceptors (Lipinski definition) is 3. The quantitative estimate of drug-likeness (QED) is 0.172. The van der Waals surface area contributed by atoms with Gasteiger partial charge in [0.1, 0.15) is 0 Å². The van der Waals surface area contributed by atoms with Crippen LogP contribution in [0.2, 0.25) is 0 Å². The van der Waals surface area contributed by atoms with Crippen LogP contribution in [0, 0.1) is 0 Å². The van der Waals surface area contributed by atoms with Crippen LogP contribution >= 0.6 is 0 Å². The number of benzene rings is 9. The summed E-state index contributed by atoms with van der Waals surface area (Å²) in [5, 5.41) is 10.1. The first-order valence-electron chi connectivity index (χ1n) is 17.6. The van der Waals surface area contributed by atoms with E-state index in [4.69, 9.17) is 15.0 Å². The number of hydrogen-bond donors (Lipinski definition) is 0. The molecule has 0 N–H and O–H groups in total. The van der Waals surface area contributed by atoms with Crippen molar-refractivity contribution in [3.8, 4) is 56.4 Å². The fourth-order valence-electron chi connectivity index (χ4n) is 7.53. The Labute approximate surface area is 301 Å². The molecule has 3 heteroatoms. The van der Waals surface area contributed by atoms with E-state index in [2.05, 4.69) is 152 Å². The first-order chi connectivity index (χ1) is 25.8. The van der Waals surface area contributed by atoms with Gasteiger partial charge in [-0.3, -0.25) is 0 Å². The van der Waals surface area contributed by atoms with Crippen molar-refractivity contribution < 1.29 is 0 Å². The molecule has 9 aromatic carbocycles. The highest BCUT2D eigenvalue weighted by atomic mass is 15.0. The van der Waals surface area contributed by atoms with Crippen molar-refractivity contribution >= 4 is 43.1 Å². The summed E-state index contributed by atoms with van der Waals surface area (Å²) in [5.41, 5.74) is 7.41. The summed E-state index contributed by atoms with van der Waals surface area (Å²) in [6, 6.07) is 66.4. The number of fused-ring (bicyclic) bond motifs is 8. The highest BCUT2D eigenvalue weighted by Gasteiger charge is 2.15. The molecule has 0 spiro atoms. The Balaban J connectivity index is 1.11. The second-order valence-corrected chi connectivity index (χ2v) is 13.2. The van der Waals surface area contributed by atoms with Crippen molar-refractivity contribution in [2.75, 3.05) is 0 Å². The molecule has 0 unspecified atom stereocenters. The zero-order chi connectivity index (χ0) is 34.4. The lowest BCUT2D eigenvalue weighted by molar-refractivity contribution is 1.07. The minimum absolute atomic E-state index is 0.640. The Hall–Kier alpha value is -6.97. The number of nitrogens with zero attached hydrogens (tertiary/aromatic N) is 3. The molecule has 10 aromatic rings. The van der Waals surface area contributed by atoms with Gasteiger partial charge in [0.05, 0.1) is 0 Å². The van der Waals surface area contributed by atoms with Crippen LogP contribution in [-0.4, -0.2) is 15.0 Å². The maximum Gasteiger partial charge on any atom is 0.164 e. The molecular weight excluding hydrogens is 631 g/mol. The van der Waals surface area contributed by atoms with Gasteiger partial charge in [0, 0.05) is 16.7 Å². The first-order valence-corrected chi connectivity index (χ1v) is 17.6. The van der Waals surface area contributed by atoms with E-state index in [9.17, 15) is 0 Å². The van der Waals surface area contributed by atoms with Crippen LogP contribution in [0.15, 0.2) is 188 Å². The fraction of sp³-hybridized carbons (Fsp3) is 0. The third-order valence-corrected chi connectivity index (χ3v) is 10.1. The van der Waals surface area contributed by atoms with E-state index in [1.807, 2.05) is 36.4 Å². The van der Waals surface area contributed by atoms with Gasteiger partial charge < -0.3 is 0 Å². The maximum atomic E-state index is 5.07. The van der Waals surface area contributed by atoms with Crippen LogP contribution in [-0.2, 0) is 0 Å². The van der Waals surface area contributed by atoms with Crippen molar-refractivity contribution in [2.45, 2.75) is 0 Å². The van der Waals surface area contributed by atoms with Crippen LogP contribution in [0.25, 0.3) is 99.5 Å². The Morgan fingerprint density at radius 2 is 0.673 bits per heavy atom. The van der Waals surface area contributed by atoms with E-state index >= 15 is 0 Å². The van der Waals surface area contributed by atoms with E-state index in [1.54, 1.807) is 0 Å². The van der Waals surface area contributed by atoms with Gasteiger partial charge in [0.15, 0.2) is 17.5 Å². The molecule has 0 bridgehead atoms. The third kappa shape index (κ3) is 5.19. The minimum atomic E-state index is 0.640. The molecule has 0 radical (unpaired) electrons. The Kier molecular flexibility index (Phi) is 7.14. The predicted octanol–water partition coefficient (Wildman–Crippen LogP) is 12.8. The van der Waals surface area contributed by atoms with Gasteiger partial charge in [-0.25, -0.2) is 15.0 Å². The van der Waals surface area contributed by atoms with E-state index in [-0.39, 0.29) is 0 Å². The smallest absolute Gasteiger partial charge is 0.164 e. The Morgan fingerprint density at radius 1 is 0.231 bits per heavy atom. The maximum absolute atomic E-state index is 5.07. The highest BCUT2D eigenvalue weighted by Crippen LogP contribution is 2.40. The van der Waals surface area contributed by atoms with Gasteiger partial charge in [-0.15, -0.1) is 0 Å². The van der Waals surface area contributed by atoms with Crippen LogP contribution in [0.3, 0.4) is 0 Å². The molecule has 0 aliphatic heterocycles. The molecule has 0 aliphatic rings. The summed E-state index contributed by atoms with van der Waals surface area (Å²) in [6.45, 7) is 0. The molecular formula is C49H31N3. The average Bonchev–Trinajstić information content (AvgIpc) is 3.24. The molecule has 0 fully saturated rings. The molecule has 10 rings (SSSR count). The molecule has 3 nitrogen and oxygen atoms in total. The summed E-state index contributed by atoms with van der Waals surface area (Å²) in [6.07, 6.45) is 0. The van der Waals surface area contributed by atoms with Gasteiger partial charge in [-0.05, 0) is 77.5 Å². The van der Waals surface area contributed by atoms with Crippen molar-refractivity contribution in [1.29, 1.82) is 0 Å². The standard InChI is InChI=1S/C49H31N3/c1-3-12-32(13-4-1)33-22-24-36(25-23-33)48-50-47(35-15-5-2-6-16-35)51-49(52-48)39-18-11-17-37(30-39)38-27-29-44-45(31-38)42-21-10-9-20-41(42)43-28-26-34-14-7-8-19-40(34)46(43)44/h1-31H. The lowest BCUT2D eigenvalue weighted by atomic mass is 9.89. The predicted molar refractivity (Wildman–Crippen MR) is 217 cm³/mol. The van der Waals surface area contributed by atoms with Crippen LogP contribution < -0.4 is 0 Å². The van der Waals surface area contributed by atoms with E-state index in [0.29, 0.717) is 17.5 Å². The second kappa shape index (κ2) is 12.4. The molecule has 0 aliphatic carbocycles.